The molecule has 3 rings (SSSR count). The topological polar surface area (TPSA) is 72.4 Å². The van der Waals surface area contributed by atoms with Crippen molar-refractivity contribution in [1.82, 2.24) is 0 Å². The van der Waals surface area contributed by atoms with Crippen LogP contribution < -0.4 is 10.6 Å². The Hall–Kier alpha value is -2.56. The van der Waals surface area contributed by atoms with Gasteiger partial charge in [0.05, 0.1) is 16.3 Å². The van der Waals surface area contributed by atoms with Gasteiger partial charge in [0.2, 0.25) is 0 Å². The van der Waals surface area contributed by atoms with Gasteiger partial charge in [-0.05, 0) is 18.1 Å². The lowest BCUT2D eigenvalue weighted by Crippen LogP contribution is -2.20. The van der Waals surface area contributed by atoms with Crippen LogP contribution in [0.25, 0.3) is 0 Å². The van der Waals surface area contributed by atoms with E-state index >= 15 is 0 Å². The smallest absolute Gasteiger partial charge is 0.271 e. The fraction of sp³-hybridized carbons (Fsp3) is 0.250. The van der Waals surface area contributed by atoms with E-state index in [1.54, 1.807) is 6.07 Å². The molecule has 2 aromatic carbocycles. The van der Waals surface area contributed by atoms with Gasteiger partial charge in [-0.3, -0.25) is 10.1 Å². The summed E-state index contributed by atoms with van der Waals surface area (Å²) in [5.41, 5.74) is 8.71. The minimum Gasteiger partial charge on any atom is -0.397 e. The molecule has 2 N–H and O–H groups in total. The third kappa shape index (κ3) is 2.67. The van der Waals surface area contributed by atoms with Gasteiger partial charge in [-0.2, -0.15) is 0 Å². The molecule has 108 valence electrons. The van der Waals surface area contributed by atoms with E-state index in [1.165, 1.54) is 17.7 Å². The molecule has 0 aliphatic carbocycles. The van der Waals surface area contributed by atoms with Crippen LogP contribution in [0.15, 0.2) is 48.5 Å². The lowest BCUT2D eigenvalue weighted by molar-refractivity contribution is -0.384. The second kappa shape index (κ2) is 5.44. The zero-order valence-corrected chi connectivity index (χ0v) is 11.6. The molecular formula is C16H17N3O2. The van der Waals surface area contributed by atoms with Gasteiger partial charge < -0.3 is 10.6 Å². The molecule has 1 atom stereocenters. The van der Waals surface area contributed by atoms with Gasteiger partial charge in [0.15, 0.2) is 0 Å². The van der Waals surface area contributed by atoms with Crippen molar-refractivity contribution in [2.24, 2.45) is 0 Å². The Morgan fingerprint density at radius 2 is 1.95 bits per heavy atom. The maximum atomic E-state index is 10.8. The first kappa shape index (κ1) is 13.4. The number of anilines is 2. The Morgan fingerprint density at radius 3 is 2.62 bits per heavy atom. The number of nitro groups is 1. The number of hydrogen-bond acceptors (Lipinski definition) is 4. The molecule has 0 aromatic heterocycles. The number of nitrogen functional groups attached to an aromatic ring is 1. The van der Waals surface area contributed by atoms with Crippen molar-refractivity contribution < 1.29 is 4.92 Å². The van der Waals surface area contributed by atoms with Crippen molar-refractivity contribution in [2.75, 3.05) is 23.7 Å². The largest absolute Gasteiger partial charge is 0.397 e. The van der Waals surface area contributed by atoms with Gasteiger partial charge in [0.1, 0.15) is 0 Å². The summed E-state index contributed by atoms with van der Waals surface area (Å²) in [6, 6.07) is 15.1. The highest BCUT2D eigenvalue weighted by molar-refractivity contribution is 5.71. The average molecular weight is 283 g/mol. The van der Waals surface area contributed by atoms with Crippen LogP contribution in [0.5, 0.6) is 0 Å². The highest BCUT2D eigenvalue weighted by Gasteiger charge is 2.25. The van der Waals surface area contributed by atoms with Crippen LogP contribution in [0, 0.1) is 10.1 Å². The van der Waals surface area contributed by atoms with Crippen molar-refractivity contribution >= 4 is 17.1 Å². The molecule has 1 saturated heterocycles. The van der Waals surface area contributed by atoms with E-state index in [-0.39, 0.29) is 5.69 Å². The molecule has 0 radical (unpaired) electrons. The summed E-state index contributed by atoms with van der Waals surface area (Å²) in [6.07, 6.45) is 1.07. The van der Waals surface area contributed by atoms with Crippen LogP contribution >= 0.6 is 0 Å². The van der Waals surface area contributed by atoms with Gasteiger partial charge in [-0.15, -0.1) is 0 Å². The maximum Gasteiger partial charge on any atom is 0.271 e. The van der Waals surface area contributed by atoms with E-state index in [0.29, 0.717) is 11.6 Å². The Labute approximate surface area is 123 Å². The summed E-state index contributed by atoms with van der Waals surface area (Å²) in [5.74, 6) is 0.487. The number of nitro benzene ring substituents is 1. The molecule has 1 unspecified atom stereocenters. The van der Waals surface area contributed by atoms with E-state index in [2.05, 4.69) is 29.2 Å². The quantitative estimate of drug-likeness (QED) is 0.533. The molecule has 0 spiro atoms. The van der Waals surface area contributed by atoms with Gasteiger partial charge >= 0.3 is 0 Å². The molecule has 5 heteroatoms. The molecular weight excluding hydrogens is 266 g/mol. The normalized spacial score (nSPS) is 17.9. The van der Waals surface area contributed by atoms with Crippen LogP contribution in [0.3, 0.4) is 0 Å². The fourth-order valence-corrected chi connectivity index (χ4v) is 2.92. The zero-order valence-electron chi connectivity index (χ0n) is 11.6. The first-order valence-electron chi connectivity index (χ1n) is 6.99. The van der Waals surface area contributed by atoms with Gasteiger partial charge in [-0.25, -0.2) is 0 Å². The second-order valence-electron chi connectivity index (χ2n) is 5.34. The predicted octanol–water partition coefficient (Wildman–Crippen LogP) is 3.17. The zero-order chi connectivity index (χ0) is 14.8. The van der Waals surface area contributed by atoms with Crippen molar-refractivity contribution in [3.05, 3.63) is 64.2 Å². The molecule has 1 aliphatic rings. The molecule has 1 fully saturated rings. The first-order chi connectivity index (χ1) is 10.1. The number of benzene rings is 2. The molecule has 0 saturated carbocycles. The highest BCUT2D eigenvalue weighted by Crippen LogP contribution is 2.34. The van der Waals surface area contributed by atoms with E-state index in [9.17, 15) is 10.1 Å². The third-order valence-electron chi connectivity index (χ3n) is 4.02. The molecule has 0 bridgehead atoms. The Kier molecular flexibility index (Phi) is 3.48. The van der Waals surface area contributed by atoms with Crippen molar-refractivity contribution in [2.45, 2.75) is 12.3 Å². The fourth-order valence-electron chi connectivity index (χ4n) is 2.92. The summed E-state index contributed by atoms with van der Waals surface area (Å²) in [5, 5.41) is 10.8. The number of nitrogens with zero attached hydrogens (tertiary/aromatic N) is 2. The molecule has 2 aromatic rings. The highest BCUT2D eigenvalue weighted by atomic mass is 16.6. The molecule has 1 aliphatic heterocycles. The lowest BCUT2D eigenvalue weighted by atomic mass is 9.99. The lowest BCUT2D eigenvalue weighted by Gasteiger charge is -2.20. The van der Waals surface area contributed by atoms with E-state index in [1.807, 2.05) is 6.07 Å². The van der Waals surface area contributed by atoms with E-state index in [4.69, 9.17) is 5.73 Å². The molecule has 1 heterocycles. The Bertz CT molecular complexity index is 658. The van der Waals surface area contributed by atoms with Crippen LogP contribution in [-0.2, 0) is 0 Å². The Balaban J connectivity index is 1.79. The van der Waals surface area contributed by atoms with Crippen LogP contribution in [0.1, 0.15) is 17.9 Å². The summed E-state index contributed by atoms with van der Waals surface area (Å²) < 4.78 is 0. The van der Waals surface area contributed by atoms with Gasteiger partial charge in [0, 0.05) is 31.1 Å². The maximum absolute atomic E-state index is 10.8. The Morgan fingerprint density at radius 1 is 1.19 bits per heavy atom. The van der Waals surface area contributed by atoms with Crippen LogP contribution in [0.2, 0.25) is 0 Å². The van der Waals surface area contributed by atoms with E-state index in [0.717, 1.165) is 25.2 Å². The van der Waals surface area contributed by atoms with E-state index < -0.39 is 4.92 Å². The molecule has 0 amide bonds. The van der Waals surface area contributed by atoms with Crippen molar-refractivity contribution in [3.8, 4) is 0 Å². The molecule has 5 nitrogen and oxygen atoms in total. The number of nitrogens with two attached hydrogens (primary N) is 1. The predicted molar refractivity (Wildman–Crippen MR) is 83.5 cm³/mol. The minimum atomic E-state index is -0.420. The SMILES string of the molecule is Nc1cc([N+](=O)[O-])ccc1N1CCC(c2ccccc2)C1. The minimum absolute atomic E-state index is 0.0371. The average Bonchev–Trinajstić information content (AvgIpc) is 2.97. The second-order valence-corrected chi connectivity index (χ2v) is 5.34. The van der Waals surface area contributed by atoms with Crippen LogP contribution in [0.4, 0.5) is 17.1 Å². The van der Waals surface area contributed by atoms with Crippen LogP contribution in [-0.4, -0.2) is 18.0 Å². The number of rotatable bonds is 3. The summed E-state index contributed by atoms with van der Waals surface area (Å²) in [6.45, 7) is 1.81. The number of hydrogen-bond donors (Lipinski definition) is 1. The van der Waals surface area contributed by atoms with Gasteiger partial charge in [0.25, 0.3) is 5.69 Å². The standard InChI is InChI=1S/C16H17N3O2/c17-15-10-14(19(20)21)6-7-16(15)18-9-8-13(11-18)12-4-2-1-3-5-12/h1-7,10,13H,8-9,11,17H2. The van der Waals surface area contributed by atoms with Crippen molar-refractivity contribution in [1.29, 1.82) is 0 Å². The van der Waals surface area contributed by atoms with Gasteiger partial charge in [-0.1, -0.05) is 30.3 Å². The summed E-state index contributed by atoms with van der Waals surface area (Å²) in [7, 11) is 0. The molecule has 21 heavy (non-hydrogen) atoms. The van der Waals surface area contributed by atoms with Crippen molar-refractivity contribution in [3.63, 3.8) is 0 Å². The summed E-state index contributed by atoms with van der Waals surface area (Å²) >= 11 is 0. The third-order valence-corrected chi connectivity index (χ3v) is 4.02. The monoisotopic (exact) mass is 283 g/mol. The summed E-state index contributed by atoms with van der Waals surface area (Å²) in [4.78, 5) is 12.5. The first-order valence-corrected chi connectivity index (χ1v) is 6.99. The number of non-ortho nitro benzene ring substituents is 1.